The molecule has 0 aliphatic rings. The molecule has 2 N–H and O–H groups in total. The van der Waals surface area contributed by atoms with E-state index in [0.29, 0.717) is 18.6 Å². The van der Waals surface area contributed by atoms with Crippen molar-refractivity contribution in [3.8, 4) is 5.75 Å². The Balaban J connectivity index is 0.000000377. The molecule has 0 amide bonds. The summed E-state index contributed by atoms with van der Waals surface area (Å²) in [5.41, 5.74) is 12.0. The van der Waals surface area contributed by atoms with Gasteiger partial charge in [-0.25, -0.2) is 4.98 Å². The van der Waals surface area contributed by atoms with Crippen molar-refractivity contribution in [2.75, 3.05) is 46.2 Å². The van der Waals surface area contributed by atoms with Crippen molar-refractivity contribution in [2.45, 2.75) is 53.0 Å². The molecule has 47 heavy (non-hydrogen) atoms. The SMILES string of the molecule is CC(C)(C)CC(C)(C)c1ccc(OCCOCC[N+](C)(C)Cc2ccccc2)cc1.Cl.Nc1c2ccccc2nc2ccccc12.[Cl-]. The van der Waals surface area contributed by atoms with Crippen molar-refractivity contribution < 1.29 is 26.4 Å². The summed E-state index contributed by atoms with van der Waals surface area (Å²) in [5, 5.41) is 2.05. The third kappa shape index (κ3) is 12.3. The number of quaternary nitrogens is 1. The number of nitrogen functional groups attached to an aromatic ring is 1. The van der Waals surface area contributed by atoms with Crippen molar-refractivity contribution in [3.63, 3.8) is 0 Å². The molecule has 5 aromatic rings. The quantitative estimate of drug-likeness (QED) is 0.0990. The number of hydrogen-bond donors (Lipinski definition) is 1. The van der Waals surface area contributed by atoms with Gasteiger partial charge in [-0.2, -0.15) is 0 Å². The van der Waals surface area contributed by atoms with E-state index in [9.17, 15) is 0 Å². The Hall–Kier alpha value is -3.35. The molecule has 5 rings (SSSR count). The van der Waals surface area contributed by atoms with Gasteiger partial charge in [-0.05, 0) is 47.1 Å². The average molecular weight is 679 g/mol. The van der Waals surface area contributed by atoms with Gasteiger partial charge in [0, 0.05) is 16.3 Å². The van der Waals surface area contributed by atoms with Crippen LogP contribution in [-0.2, 0) is 16.7 Å². The van der Waals surface area contributed by atoms with Crippen LogP contribution < -0.4 is 22.9 Å². The van der Waals surface area contributed by atoms with E-state index in [1.165, 1.54) is 11.1 Å². The fraction of sp³-hybridized carbons (Fsp3) is 0.375. The molecule has 0 aliphatic heterocycles. The molecule has 0 aliphatic carbocycles. The van der Waals surface area contributed by atoms with Gasteiger partial charge in [-0.15, -0.1) is 12.4 Å². The zero-order valence-electron chi connectivity index (χ0n) is 29.1. The summed E-state index contributed by atoms with van der Waals surface area (Å²) in [7, 11) is 4.49. The van der Waals surface area contributed by atoms with Crippen LogP contribution in [0.5, 0.6) is 5.75 Å². The Morgan fingerprint density at radius 1 is 0.681 bits per heavy atom. The molecule has 0 spiro atoms. The van der Waals surface area contributed by atoms with Gasteiger partial charge in [0.1, 0.15) is 25.4 Å². The minimum Gasteiger partial charge on any atom is -1.00 e. The lowest BCUT2D eigenvalue weighted by Crippen LogP contribution is -3.00. The maximum atomic E-state index is 6.11. The zero-order valence-corrected chi connectivity index (χ0v) is 30.7. The Morgan fingerprint density at radius 3 is 1.77 bits per heavy atom. The van der Waals surface area contributed by atoms with Gasteiger partial charge >= 0.3 is 0 Å². The summed E-state index contributed by atoms with van der Waals surface area (Å²) in [6, 6.07) is 35.1. The fourth-order valence-corrected chi connectivity index (χ4v) is 6.09. The van der Waals surface area contributed by atoms with Crippen molar-refractivity contribution in [1.29, 1.82) is 0 Å². The molecule has 0 saturated carbocycles. The lowest BCUT2D eigenvalue weighted by atomic mass is 9.72. The van der Waals surface area contributed by atoms with Gasteiger partial charge in [-0.1, -0.05) is 113 Å². The Bertz CT molecular complexity index is 1600. The van der Waals surface area contributed by atoms with Crippen molar-refractivity contribution in [2.24, 2.45) is 5.41 Å². The number of anilines is 1. The number of benzene rings is 4. The molecule has 0 atom stereocenters. The smallest absolute Gasteiger partial charge is 0.119 e. The molecule has 254 valence electrons. The van der Waals surface area contributed by atoms with E-state index in [-0.39, 0.29) is 30.2 Å². The molecule has 5 nitrogen and oxygen atoms in total. The summed E-state index contributed by atoms with van der Waals surface area (Å²) in [4.78, 5) is 4.56. The van der Waals surface area contributed by atoms with E-state index in [2.05, 4.69) is 108 Å². The van der Waals surface area contributed by atoms with Crippen molar-refractivity contribution in [1.82, 2.24) is 4.98 Å². The highest BCUT2D eigenvalue weighted by atomic mass is 35.5. The summed E-state index contributed by atoms with van der Waals surface area (Å²) < 4.78 is 12.6. The minimum absolute atomic E-state index is 0. The van der Waals surface area contributed by atoms with Crippen LogP contribution in [0.4, 0.5) is 5.69 Å². The van der Waals surface area contributed by atoms with E-state index >= 15 is 0 Å². The third-order valence-electron chi connectivity index (χ3n) is 8.03. The first-order chi connectivity index (χ1) is 21.3. The molecular weight excluding hydrogens is 625 g/mol. The number of fused-ring (bicyclic) bond motifs is 2. The lowest BCUT2D eigenvalue weighted by Gasteiger charge is -2.33. The molecule has 0 fully saturated rings. The number of likely N-dealkylation sites (N-methyl/N-ethyl adjacent to an activating group) is 1. The van der Waals surface area contributed by atoms with Crippen LogP contribution in [0.2, 0.25) is 0 Å². The number of hydrogen-bond acceptors (Lipinski definition) is 4. The van der Waals surface area contributed by atoms with Crippen LogP contribution in [0.25, 0.3) is 21.8 Å². The van der Waals surface area contributed by atoms with Crippen LogP contribution >= 0.6 is 12.4 Å². The molecule has 0 bridgehead atoms. The normalized spacial score (nSPS) is 11.6. The van der Waals surface area contributed by atoms with E-state index in [0.717, 1.165) is 63.8 Å². The van der Waals surface area contributed by atoms with Gasteiger partial charge in [-0.3, -0.25) is 0 Å². The maximum Gasteiger partial charge on any atom is 0.119 e. The maximum absolute atomic E-state index is 6.11. The number of para-hydroxylation sites is 2. The topological polar surface area (TPSA) is 57.4 Å². The first-order valence-corrected chi connectivity index (χ1v) is 16.0. The minimum atomic E-state index is 0. The second-order valence-corrected chi connectivity index (χ2v) is 14.5. The van der Waals surface area contributed by atoms with E-state index in [4.69, 9.17) is 15.2 Å². The Kier molecular flexibility index (Phi) is 15.0. The number of halogens is 2. The van der Waals surface area contributed by atoms with Crippen molar-refractivity contribution in [3.05, 3.63) is 114 Å². The number of pyridine rings is 1. The van der Waals surface area contributed by atoms with Crippen LogP contribution in [0, 0.1) is 5.41 Å². The first-order valence-electron chi connectivity index (χ1n) is 16.0. The van der Waals surface area contributed by atoms with Gasteiger partial charge in [0.25, 0.3) is 0 Å². The molecule has 0 saturated heterocycles. The van der Waals surface area contributed by atoms with Crippen LogP contribution in [0.1, 0.15) is 52.2 Å². The average Bonchev–Trinajstić information content (AvgIpc) is 2.99. The molecule has 1 aromatic heterocycles. The second-order valence-electron chi connectivity index (χ2n) is 14.5. The number of nitrogens with two attached hydrogens (primary N) is 1. The van der Waals surface area contributed by atoms with Crippen LogP contribution in [-0.4, -0.2) is 49.9 Å². The molecule has 7 heteroatoms. The van der Waals surface area contributed by atoms with Crippen LogP contribution in [0.15, 0.2) is 103 Å². The highest BCUT2D eigenvalue weighted by Gasteiger charge is 2.27. The molecular formula is C40H53Cl2N3O2. The predicted octanol–water partition coefficient (Wildman–Crippen LogP) is 6.47. The summed E-state index contributed by atoms with van der Waals surface area (Å²) >= 11 is 0. The monoisotopic (exact) mass is 677 g/mol. The summed E-state index contributed by atoms with van der Waals surface area (Å²) in [6.45, 7) is 15.5. The highest BCUT2D eigenvalue weighted by Crippen LogP contribution is 2.36. The Morgan fingerprint density at radius 2 is 1.21 bits per heavy atom. The fourth-order valence-electron chi connectivity index (χ4n) is 6.09. The van der Waals surface area contributed by atoms with Crippen molar-refractivity contribution >= 4 is 39.9 Å². The zero-order chi connectivity index (χ0) is 32.5. The predicted molar refractivity (Wildman–Crippen MR) is 198 cm³/mol. The standard InChI is InChI=1S/C27H42NO2.C13H10N2.2ClH/c1-26(2,3)22-27(4,5)24-13-15-25(16-14-24)30-20-19-29-18-17-28(6,7)21-23-11-9-8-10-12-23;14-13-9-5-1-3-7-11(9)15-12-8-4-2-6-10(12)13;;/h8-16H,17-22H2,1-7H3;1-8H,(H2,14,15);2*1H/q+1;;;/p-1. The van der Waals surface area contributed by atoms with Gasteiger partial charge in [0.05, 0.1) is 44.0 Å². The number of aromatic nitrogens is 1. The van der Waals surface area contributed by atoms with Gasteiger partial charge in [0.15, 0.2) is 0 Å². The number of rotatable bonds is 11. The molecule has 0 radical (unpaired) electrons. The lowest BCUT2D eigenvalue weighted by molar-refractivity contribution is -0.904. The first kappa shape index (κ1) is 39.8. The van der Waals surface area contributed by atoms with Crippen LogP contribution in [0.3, 0.4) is 0 Å². The number of nitrogens with zero attached hydrogens (tertiary/aromatic N) is 2. The van der Waals surface area contributed by atoms with Gasteiger partial charge in [0.2, 0.25) is 0 Å². The second kappa shape index (κ2) is 17.7. The Labute approximate surface area is 294 Å². The van der Waals surface area contributed by atoms with E-state index in [1.807, 2.05) is 48.5 Å². The largest absolute Gasteiger partial charge is 1.00 e. The number of ether oxygens (including phenoxy) is 2. The van der Waals surface area contributed by atoms with E-state index < -0.39 is 0 Å². The molecule has 4 aromatic carbocycles. The molecule has 0 unspecified atom stereocenters. The van der Waals surface area contributed by atoms with Gasteiger partial charge < -0.3 is 32.1 Å². The summed E-state index contributed by atoms with van der Waals surface area (Å²) in [6.07, 6.45) is 1.15. The van der Waals surface area contributed by atoms with E-state index in [1.54, 1.807) is 0 Å². The highest BCUT2D eigenvalue weighted by molar-refractivity contribution is 6.06. The third-order valence-corrected chi connectivity index (χ3v) is 8.03. The summed E-state index contributed by atoms with van der Waals surface area (Å²) in [5.74, 6) is 0.911. The molecule has 1 heterocycles.